The van der Waals surface area contributed by atoms with Crippen LogP contribution in [0.4, 0.5) is 30.7 Å². The zero-order valence-corrected chi connectivity index (χ0v) is 24.5. The summed E-state index contributed by atoms with van der Waals surface area (Å²) >= 11 is 5.71. The zero-order chi connectivity index (χ0) is 34.2. The number of aliphatic hydroxyl groups excluding tert-OH is 1. The fraction of sp³-hybridized carbons (Fsp3) is 0.121. The fourth-order valence-electron chi connectivity index (χ4n) is 4.12. The molecular formula is C33H22ClF7N2O4. The Hall–Kier alpha value is -5.01. The Morgan fingerprint density at radius 3 is 1.60 bits per heavy atom. The number of halogens is 8. The SMILES string of the molecule is O=Cc1ccc(-c2ccc(OC(F)(F)F)cc2)cn1.OC(Cc1ccc(Cl)cc1F)c1ccc(-c2ccc(OC(F)(F)F)cc2)cn1. The number of pyridine rings is 2. The number of ether oxygens (including phenoxy) is 2. The van der Waals surface area contributed by atoms with Gasteiger partial charge in [-0.2, -0.15) is 0 Å². The van der Waals surface area contributed by atoms with Gasteiger partial charge in [0.25, 0.3) is 0 Å². The van der Waals surface area contributed by atoms with Gasteiger partial charge in [0.2, 0.25) is 0 Å². The molecule has 0 fully saturated rings. The van der Waals surface area contributed by atoms with Gasteiger partial charge in [0.05, 0.1) is 5.69 Å². The van der Waals surface area contributed by atoms with E-state index in [4.69, 9.17) is 11.6 Å². The van der Waals surface area contributed by atoms with E-state index in [1.165, 1.54) is 85.2 Å². The van der Waals surface area contributed by atoms with Crippen LogP contribution >= 0.6 is 11.6 Å². The Labute approximate surface area is 268 Å². The van der Waals surface area contributed by atoms with Crippen molar-refractivity contribution in [3.63, 3.8) is 0 Å². The van der Waals surface area contributed by atoms with Crippen molar-refractivity contribution in [1.82, 2.24) is 9.97 Å². The summed E-state index contributed by atoms with van der Waals surface area (Å²) in [6, 6.07) is 21.4. The normalized spacial score (nSPS) is 12.0. The second kappa shape index (κ2) is 15.1. The summed E-state index contributed by atoms with van der Waals surface area (Å²) in [4.78, 5) is 18.5. The number of alkyl halides is 6. The highest BCUT2D eigenvalue weighted by Gasteiger charge is 2.31. The lowest BCUT2D eigenvalue weighted by Gasteiger charge is -2.12. The molecule has 1 atom stereocenters. The van der Waals surface area contributed by atoms with Crippen LogP contribution in [0.3, 0.4) is 0 Å². The quantitative estimate of drug-likeness (QED) is 0.130. The predicted octanol–water partition coefficient (Wildman–Crippen LogP) is 9.18. The van der Waals surface area contributed by atoms with Crippen LogP contribution in [0.5, 0.6) is 11.5 Å². The van der Waals surface area contributed by atoms with Crippen molar-refractivity contribution in [2.45, 2.75) is 25.2 Å². The van der Waals surface area contributed by atoms with Crippen LogP contribution in [-0.4, -0.2) is 34.1 Å². The molecule has 5 rings (SSSR count). The lowest BCUT2D eigenvalue weighted by molar-refractivity contribution is -0.275. The van der Waals surface area contributed by atoms with Gasteiger partial charge in [-0.3, -0.25) is 14.8 Å². The number of carbonyl (C=O) groups is 1. The topological polar surface area (TPSA) is 81.5 Å². The van der Waals surface area contributed by atoms with E-state index in [1.54, 1.807) is 18.2 Å². The van der Waals surface area contributed by atoms with Crippen molar-refractivity contribution in [1.29, 1.82) is 0 Å². The van der Waals surface area contributed by atoms with Crippen LogP contribution < -0.4 is 9.47 Å². The number of aromatic nitrogens is 2. The van der Waals surface area contributed by atoms with E-state index in [0.29, 0.717) is 45.5 Å². The summed E-state index contributed by atoms with van der Waals surface area (Å²) in [5.74, 6) is -1.11. The molecule has 0 saturated heterocycles. The average molecular weight is 679 g/mol. The first-order valence-electron chi connectivity index (χ1n) is 13.4. The van der Waals surface area contributed by atoms with Gasteiger partial charge in [-0.25, -0.2) is 4.39 Å². The largest absolute Gasteiger partial charge is 0.573 e. The van der Waals surface area contributed by atoms with Crippen LogP contribution in [0.2, 0.25) is 5.02 Å². The number of hydrogen-bond acceptors (Lipinski definition) is 6. The molecule has 5 aromatic rings. The third kappa shape index (κ3) is 10.8. The maximum Gasteiger partial charge on any atom is 0.573 e. The van der Waals surface area contributed by atoms with Gasteiger partial charge in [0.15, 0.2) is 6.29 Å². The summed E-state index contributed by atoms with van der Waals surface area (Å²) < 4.78 is 94.0. The summed E-state index contributed by atoms with van der Waals surface area (Å²) in [5, 5.41) is 10.6. The standard InChI is InChI=1S/C20H14ClF4NO2.C13H8F3NO2/c21-15-5-1-13(17(22)10-15)9-19(27)18-8-4-14(11-26-18)12-2-6-16(7-3-12)28-20(23,24)25;14-13(15,16)19-12-5-2-9(3-6-12)10-1-4-11(8-18)17-7-10/h1-8,10-11,19,27H,9H2;1-8H. The minimum Gasteiger partial charge on any atom is -0.406 e. The van der Waals surface area contributed by atoms with Crippen LogP contribution in [0.1, 0.15) is 27.8 Å². The first-order chi connectivity index (χ1) is 22.2. The van der Waals surface area contributed by atoms with E-state index in [0.717, 1.165) is 0 Å². The predicted molar refractivity (Wildman–Crippen MR) is 158 cm³/mol. The summed E-state index contributed by atoms with van der Waals surface area (Å²) in [6.07, 6.45) is -6.87. The highest BCUT2D eigenvalue weighted by molar-refractivity contribution is 6.30. The molecule has 0 bridgehead atoms. The van der Waals surface area contributed by atoms with Crippen LogP contribution in [-0.2, 0) is 6.42 Å². The van der Waals surface area contributed by atoms with Crippen molar-refractivity contribution in [2.24, 2.45) is 0 Å². The Balaban J connectivity index is 0.000000229. The van der Waals surface area contributed by atoms with Gasteiger partial charge in [-0.15, -0.1) is 26.3 Å². The Kier molecular flexibility index (Phi) is 11.2. The first-order valence-corrected chi connectivity index (χ1v) is 13.8. The van der Waals surface area contributed by atoms with Gasteiger partial charge in [-0.05, 0) is 65.2 Å². The molecule has 0 aliphatic rings. The maximum atomic E-state index is 13.9. The van der Waals surface area contributed by atoms with E-state index in [1.807, 2.05) is 0 Å². The van der Waals surface area contributed by atoms with E-state index in [9.17, 15) is 40.6 Å². The number of aldehydes is 1. The number of hydrogen-bond donors (Lipinski definition) is 1. The number of aliphatic hydroxyl groups is 1. The van der Waals surface area contributed by atoms with E-state index >= 15 is 0 Å². The molecule has 3 aromatic carbocycles. The molecule has 2 heterocycles. The van der Waals surface area contributed by atoms with E-state index in [2.05, 4.69) is 19.4 Å². The molecule has 47 heavy (non-hydrogen) atoms. The van der Waals surface area contributed by atoms with Crippen LogP contribution in [0.15, 0.2) is 103 Å². The van der Waals surface area contributed by atoms with Crippen molar-refractivity contribution < 1.29 is 50.1 Å². The first kappa shape index (κ1) is 34.9. The minimum atomic E-state index is -4.75. The van der Waals surface area contributed by atoms with Gasteiger partial charge >= 0.3 is 12.7 Å². The maximum absolute atomic E-state index is 13.9. The second-order valence-electron chi connectivity index (χ2n) is 9.66. The highest BCUT2D eigenvalue weighted by Crippen LogP contribution is 2.28. The third-order valence-electron chi connectivity index (χ3n) is 6.31. The molecule has 14 heteroatoms. The molecule has 0 spiro atoms. The summed E-state index contributed by atoms with van der Waals surface area (Å²) in [6.45, 7) is 0. The lowest BCUT2D eigenvalue weighted by atomic mass is 10.0. The van der Waals surface area contributed by atoms with Crippen LogP contribution in [0.25, 0.3) is 22.3 Å². The molecule has 1 unspecified atom stereocenters. The Morgan fingerprint density at radius 1 is 0.702 bits per heavy atom. The molecular weight excluding hydrogens is 657 g/mol. The molecule has 0 aliphatic heterocycles. The van der Waals surface area contributed by atoms with Gasteiger partial charge in [0, 0.05) is 35.0 Å². The van der Waals surface area contributed by atoms with Crippen molar-refractivity contribution in [3.05, 3.63) is 131 Å². The van der Waals surface area contributed by atoms with Crippen LogP contribution in [0, 0.1) is 5.82 Å². The number of nitrogens with zero attached hydrogens (tertiary/aromatic N) is 2. The van der Waals surface area contributed by atoms with Gasteiger partial charge in [-0.1, -0.05) is 54.1 Å². The molecule has 0 aliphatic carbocycles. The molecule has 1 N–H and O–H groups in total. The average Bonchev–Trinajstić information content (AvgIpc) is 3.02. The number of benzene rings is 3. The minimum absolute atomic E-state index is 0.0266. The molecule has 244 valence electrons. The highest BCUT2D eigenvalue weighted by atomic mass is 35.5. The molecule has 0 radical (unpaired) electrons. The zero-order valence-electron chi connectivity index (χ0n) is 23.8. The molecule has 0 saturated carbocycles. The Morgan fingerprint density at radius 2 is 1.19 bits per heavy atom. The van der Waals surface area contributed by atoms with Crippen molar-refractivity contribution >= 4 is 17.9 Å². The van der Waals surface area contributed by atoms with Gasteiger partial charge < -0.3 is 14.6 Å². The van der Waals surface area contributed by atoms with E-state index in [-0.39, 0.29) is 22.9 Å². The van der Waals surface area contributed by atoms with Crippen molar-refractivity contribution in [2.75, 3.05) is 0 Å². The second-order valence-corrected chi connectivity index (χ2v) is 10.1. The number of carbonyl (C=O) groups excluding carboxylic acids is 1. The molecule has 0 amide bonds. The third-order valence-corrected chi connectivity index (χ3v) is 6.54. The van der Waals surface area contributed by atoms with Gasteiger partial charge in [0.1, 0.15) is 29.1 Å². The monoisotopic (exact) mass is 678 g/mol. The van der Waals surface area contributed by atoms with E-state index < -0.39 is 24.6 Å². The smallest absolute Gasteiger partial charge is 0.406 e. The summed E-state index contributed by atoms with van der Waals surface area (Å²) in [5.41, 5.74) is 3.60. The van der Waals surface area contributed by atoms with Crippen molar-refractivity contribution in [3.8, 4) is 33.8 Å². The summed E-state index contributed by atoms with van der Waals surface area (Å²) in [7, 11) is 0. The molecule has 6 nitrogen and oxygen atoms in total. The number of rotatable bonds is 8. The Bertz CT molecular complexity index is 1770. The fourth-order valence-corrected chi connectivity index (χ4v) is 4.28. The molecule has 2 aromatic heterocycles. The lowest BCUT2D eigenvalue weighted by Crippen LogP contribution is -2.16.